The summed E-state index contributed by atoms with van der Waals surface area (Å²) in [6, 6.07) is 14.1. The van der Waals surface area contributed by atoms with Crippen molar-refractivity contribution in [1.82, 2.24) is 19.2 Å². The van der Waals surface area contributed by atoms with E-state index in [2.05, 4.69) is 21.9 Å². The van der Waals surface area contributed by atoms with Crippen molar-refractivity contribution in [3.05, 3.63) is 83.1 Å². The van der Waals surface area contributed by atoms with Gasteiger partial charge in [-0.15, -0.1) is 0 Å². The first-order valence-corrected chi connectivity index (χ1v) is 14.9. The number of ether oxygens (including phenoxy) is 1. The highest BCUT2D eigenvalue weighted by atomic mass is 19.1. The molecule has 2 amide bonds. The third kappa shape index (κ3) is 6.97. The van der Waals surface area contributed by atoms with Gasteiger partial charge in [0, 0.05) is 81.7 Å². The molecule has 0 radical (unpaired) electrons. The predicted octanol–water partition coefficient (Wildman–Crippen LogP) is 4.78. The van der Waals surface area contributed by atoms with Gasteiger partial charge < -0.3 is 25.3 Å². The van der Waals surface area contributed by atoms with Crippen molar-refractivity contribution >= 4 is 28.4 Å². The lowest BCUT2D eigenvalue weighted by Crippen LogP contribution is -2.42. The number of nitrogens with zero attached hydrogens (tertiary/aromatic N) is 4. The molecular formula is C33H41FN6O3. The maximum atomic E-state index is 15.0. The third-order valence-electron chi connectivity index (χ3n) is 8.32. The number of para-hydroxylation sites is 1. The first kappa shape index (κ1) is 30.4. The fourth-order valence-corrected chi connectivity index (χ4v) is 6.29. The Morgan fingerprint density at radius 2 is 1.98 bits per heavy atom. The first-order valence-electron chi connectivity index (χ1n) is 14.9. The zero-order valence-corrected chi connectivity index (χ0v) is 25.2. The fourth-order valence-electron chi connectivity index (χ4n) is 6.29. The molecule has 2 aromatic carbocycles. The summed E-state index contributed by atoms with van der Waals surface area (Å²) in [6.07, 6.45) is 5.12. The Bertz CT molecular complexity index is 1580. The SMILES string of the molecule is COCCCn1c(C2CCCN(C(=O)C[C@H](N)Cc3ccc(NC(=O)c4ccn(C)n4)cc3)C2)c(C)c2cccc(F)c21. The van der Waals surface area contributed by atoms with E-state index in [1.807, 2.05) is 35.2 Å². The van der Waals surface area contributed by atoms with Crippen LogP contribution in [0.25, 0.3) is 10.9 Å². The number of amides is 2. The number of aromatic nitrogens is 3. The number of benzene rings is 2. The quantitative estimate of drug-likeness (QED) is 0.245. The maximum Gasteiger partial charge on any atom is 0.276 e. The summed E-state index contributed by atoms with van der Waals surface area (Å²) in [5.74, 6) is -0.326. The molecule has 1 unspecified atom stereocenters. The molecular weight excluding hydrogens is 547 g/mol. The highest BCUT2D eigenvalue weighted by molar-refractivity contribution is 6.02. The molecule has 0 spiro atoms. The predicted molar refractivity (Wildman–Crippen MR) is 166 cm³/mol. The van der Waals surface area contributed by atoms with Crippen LogP contribution in [0.2, 0.25) is 0 Å². The number of nitrogens with one attached hydrogen (secondary N) is 1. The van der Waals surface area contributed by atoms with E-state index in [-0.39, 0.29) is 36.0 Å². The smallest absolute Gasteiger partial charge is 0.276 e. The van der Waals surface area contributed by atoms with Crippen LogP contribution in [0, 0.1) is 12.7 Å². The molecule has 1 fully saturated rings. The van der Waals surface area contributed by atoms with Gasteiger partial charge in [0.05, 0.1) is 5.52 Å². The van der Waals surface area contributed by atoms with Crippen molar-refractivity contribution in [3.63, 3.8) is 0 Å². The number of anilines is 1. The van der Waals surface area contributed by atoms with Crippen LogP contribution in [-0.4, -0.2) is 63.9 Å². The topological polar surface area (TPSA) is 107 Å². The monoisotopic (exact) mass is 588 g/mol. The highest BCUT2D eigenvalue weighted by Crippen LogP contribution is 2.36. The molecule has 0 bridgehead atoms. The van der Waals surface area contributed by atoms with Crippen LogP contribution in [0.3, 0.4) is 0 Å². The molecule has 1 aliphatic rings. The number of carbonyl (C=O) groups is 2. The van der Waals surface area contributed by atoms with Gasteiger partial charge in [-0.25, -0.2) is 4.39 Å². The number of likely N-dealkylation sites (tertiary alicyclic amines) is 1. The van der Waals surface area contributed by atoms with Crippen molar-refractivity contribution in [2.45, 2.75) is 57.5 Å². The summed E-state index contributed by atoms with van der Waals surface area (Å²) in [5, 5.41) is 7.89. The molecule has 0 saturated carbocycles. The number of nitrogens with two attached hydrogens (primary N) is 1. The van der Waals surface area contributed by atoms with Gasteiger partial charge in [0.2, 0.25) is 5.91 Å². The molecule has 3 heterocycles. The van der Waals surface area contributed by atoms with E-state index in [1.165, 1.54) is 6.07 Å². The summed E-state index contributed by atoms with van der Waals surface area (Å²) < 4.78 is 24.0. The fraction of sp³-hybridized carbons (Fsp3) is 0.424. The van der Waals surface area contributed by atoms with Crippen molar-refractivity contribution < 1.29 is 18.7 Å². The lowest BCUT2D eigenvalue weighted by Gasteiger charge is -2.34. The van der Waals surface area contributed by atoms with Gasteiger partial charge in [-0.3, -0.25) is 14.3 Å². The van der Waals surface area contributed by atoms with Crippen LogP contribution >= 0.6 is 0 Å². The van der Waals surface area contributed by atoms with Gasteiger partial charge in [-0.05, 0) is 68.0 Å². The van der Waals surface area contributed by atoms with Crippen LogP contribution in [0.15, 0.2) is 54.7 Å². The summed E-state index contributed by atoms with van der Waals surface area (Å²) in [6.45, 7) is 4.62. The van der Waals surface area contributed by atoms with Crippen LogP contribution in [0.4, 0.5) is 10.1 Å². The van der Waals surface area contributed by atoms with Crippen molar-refractivity contribution in [1.29, 1.82) is 0 Å². The molecule has 3 N–H and O–H groups in total. The van der Waals surface area contributed by atoms with E-state index in [4.69, 9.17) is 10.5 Å². The van der Waals surface area contributed by atoms with Crippen LogP contribution < -0.4 is 11.1 Å². The molecule has 228 valence electrons. The van der Waals surface area contributed by atoms with E-state index < -0.39 is 0 Å². The van der Waals surface area contributed by atoms with Gasteiger partial charge in [-0.2, -0.15) is 5.10 Å². The van der Waals surface area contributed by atoms with Gasteiger partial charge in [-0.1, -0.05) is 24.3 Å². The average Bonchev–Trinajstić information content (AvgIpc) is 3.55. The Hall–Kier alpha value is -4.02. The molecule has 2 atom stereocenters. The minimum Gasteiger partial charge on any atom is -0.385 e. The number of piperidine rings is 1. The highest BCUT2D eigenvalue weighted by Gasteiger charge is 2.30. The van der Waals surface area contributed by atoms with Gasteiger partial charge in [0.1, 0.15) is 5.82 Å². The standard InChI is InChI=1S/C33H41FN6O3/c1-22-27-8-4-9-28(34)32(27)40(16-6-18-43-3)31(22)24-7-5-15-39(21-24)30(41)20-25(35)19-23-10-12-26(13-11-23)36-33(42)29-14-17-38(2)37-29/h4,8-14,17,24-25H,5-7,15-16,18-21,35H2,1-3H3,(H,36,42)/t24?,25-/m1/s1. The number of hydrogen-bond acceptors (Lipinski definition) is 5. The summed E-state index contributed by atoms with van der Waals surface area (Å²) in [7, 11) is 3.44. The van der Waals surface area contributed by atoms with E-state index in [1.54, 1.807) is 37.2 Å². The van der Waals surface area contributed by atoms with Crippen LogP contribution in [0.5, 0.6) is 0 Å². The zero-order chi connectivity index (χ0) is 30.5. The van der Waals surface area contributed by atoms with E-state index in [0.29, 0.717) is 49.6 Å². The number of fused-ring (bicyclic) bond motifs is 1. The molecule has 1 aliphatic heterocycles. The number of aryl methyl sites for hydroxylation is 3. The average molecular weight is 589 g/mol. The second kappa shape index (κ2) is 13.5. The van der Waals surface area contributed by atoms with E-state index in [0.717, 1.165) is 41.5 Å². The Balaban J connectivity index is 1.21. The number of hydrogen-bond donors (Lipinski definition) is 2. The molecule has 9 nitrogen and oxygen atoms in total. The number of carbonyl (C=O) groups excluding carboxylic acids is 2. The lowest BCUT2D eigenvalue weighted by atomic mass is 9.91. The Morgan fingerprint density at radius 3 is 2.70 bits per heavy atom. The molecule has 1 saturated heterocycles. The molecule has 5 rings (SSSR count). The van der Waals surface area contributed by atoms with Crippen LogP contribution in [-0.2, 0) is 29.5 Å². The number of halogens is 1. The zero-order valence-electron chi connectivity index (χ0n) is 25.2. The molecule has 10 heteroatoms. The first-order chi connectivity index (χ1) is 20.7. The van der Waals surface area contributed by atoms with Crippen LogP contribution in [0.1, 0.15) is 58.9 Å². The molecule has 4 aromatic rings. The second-order valence-electron chi connectivity index (χ2n) is 11.5. The summed E-state index contributed by atoms with van der Waals surface area (Å²) >= 11 is 0. The Kier molecular flexibility index (Phi) is 9.57. The third-order valence-corrected chi connectivity index (χ3v) is 8.32. The van der Waals surface area contributed by atoms with Gasteiger partial charge >= 0.3 is 0 Å². The lowest BCUT2D eigenvalue weighted by molar-refractivity contribution is -0.132. The molecule has 2 aromatic heterocycles. The van der Waals surface area contributed by atoms with E-state index >= 15 is 4.39 Å². The van der Waals surface area contributed by atoms with Gasteiger partial charge in [0.15, 0.2) is 5.69 Å². The van der Waals surface area contributed by atoms with Crippen molar-refractivity contribution in [2.24, 2.45) is 12.8 Å². The number of methoxy groups -OCH3 is 1. The van der Waals surface area contributed by atoms with Crippen molar-refractivity contribution in [3.8, 4) is 0 Å². The largest absolute Gasteiger partial charge is 0.385 e. The summed E-state index contributed by atoms with van der Waals surface area (Å²) in [5.41, 5.74) is 11.3. The molecule has 0 aliphatic carbocycles. The minimum atomic E-state index is -0.335. The Morgan fingerprint density at radius 1 is 1.19 bits per heavy atom. The normalized spacial score (nSPS) is 16.0. The van der Waals surface area contributed by atoms with E-state index in [9.17, 15) is 9.59 Å². The molecule has 43 heavy (non-hydrogen) atoms. The maximum absolute atomic E-state index is 15.0. The van der Waals surface area contributed by atoms with Gasteiger partial charge in [0.25, 0.3) is 5.91 Å². The number of rotatable bonds is 11. The second-order valence-corrected chi connectivity index (χ2v) is 11.5. The Labute approximate surface area is 251 Å². The minimum absolute atomic E-state index is 0.0438. The summed E-state index contributed by atoms with van der Waals surface area (Å²) in [4.78, 5) is 27.7. The van der Waals surface area contributed by atoms with Crippen molar-refractivity contribution in [2.75, 3.05) is 32.1 Å².